The van der Waals surface area contributed by atoms with Crippen LogP contribution in [0.1, 0.15) is 6.42 Å². The van der Waals surface area contributed by atoms with Crippen molar-refractivity contribution in [2.75, 3.05) is 32.8 Å². The minimum Gasteiger partial charge on any atom is -0.370 e. The standard InChI is InChI=1S/C8H14N2O2/c11-7-10-3-1-8(6-10)5-9-2-4-12-8/h7,9H,1-6H2/t8-/m1/s1. The van der Waals surface area contributed by atoms with Crippen LogP contribution in [0.25, 0.3) is 0 Å². The highest BCUT2D eigenvalue weighted by Gasteiger charge is 2.39. The van der Waals surface area contributed by atoms with Crippen molar-refractivity contribution in [1.29, 1.82) is 0 Å². The van der Waals surface area contributed by atoms with Gasteiger partial charge in [0.1, 0.15) is 0 Å². The lowest BCUT2D eigenvalue weighted by Gasteiger charge is -2.33. The monoisotopic (exact) mass is 170 g/mol. The summed E-state index contributed by atoms with van der Waals surface area (Å²) in [5.41, 5.74) is -0.0703. The first-order valence-electron chi connectivity index (χ1n) is 4.39. The number of hydrogen-bond donors (Lipinski definition) is 1. The number of rotatable bonds is 1. The molecule has 1 N–H and O–H groups in total. The SMILES string of the molecule is O=CN1CC[C@@]2(CNCCO2)C1. The van der Waals surface area contributed by atoms with E-state index < -0.39 is 0 Å². The van der Waals surface area contributed by atoms with E-state index in [1.54, 1.807) is 4.90 Å². The summed E-state index contributed by atoms with van der Waals surface area (Å²) in [4.78, 5) is 12.3. The van der Waals surface area contributed by atoms with Crippen LogP contribution in [0.5, 0.6) is 0 Å². The Morgan fingerprint density at radius 2 is 2.50 bits per heavy atom. The second kappa shape index (κ2) is 3.03. The van der Waals surface area contributed by atoms with Gasteiger partial charge in [-0.25, -0.2) is 0 Å². The average Bonchev–Trinajstić information content (AvgIpc) is 2.50. The maximum absolute atomic E-state index is 10.5. The van der Waals surface area contributed by atoms with Crippen molar-refractivity contribution in [2.45, 2.75) is 12.0 Å². The largest absolute Gasteiger partial charge is 0.370 e. The van der Waals surface area contributed by atoms with Gasteiger partial charge in [-0.2, -0.15) is 0 Å². The first-order valence-corrected chi connectivity index (χ1v) is 4.39. The van der Waals surface area contributed by atoms with Crippen LogP contribution in [0, 0.1) is 0 Å². The van der Waals surface area contributed by atoms with Crippen molar-refractivity contribution in [3.63, 3.8) is 0 Å². The molecular formula is C8H14N2O2. The molecule has 12 heavy (non-hydrogen) atoms. The molecule has 0 aromatic heterocycles. The molecule has 2 aliphatic rings. The molecule has 0 saturated carbocycles. The van der Waals surface area contributed by atoms with Crippen LogP contribution in [0.2, 0.25) is 0 Å². The van der Waals surface area contributed by atoms with Gasteiger partial charge in [0.15, 0.2) is 0 Å². The van der Waals surface area contributed by atoms with Crippen LogP contribution in [0.3, 0.4) is 0 Å². The van der Waals surface area contributed by atoms with Gasteiger partial charge in [0, 0.05) is 19.6 Å². The second-order valence-corrected chi connectivity index (χ2v) is 3.53. The third-order valence-electron chi connectivity index (χ3n) is 2.63. The maximum Gasteiger partial charge on any atom is 0.209 e. The molecule has 0 aromatic rings. The first-order chi connectivity index (χ1) is 5.85. The molecule has 68 valence electrons. The van der Waals surface area contributed by atoms with Gasteiger partial charge in [0.2, 0.25) is 6.41 Å². The Bertz CT molecular complexity index is 178. The highest BCUT2D eigenvalue weighted by molar-refractivity contribution is 5.48. The van der Waals surface area contributed by atoms with Gasteiger partial charge < -0.3 is 15.0 Å². The van der Waals surface area contributed by atoms with E-state index in [0.29, 0.717) is 0 Å². The Hall–Kier alpha value is -0.610. The zero-order valence-corrected chi connectivity index (χ0v) is 7.08. The zero-order chi connectivity index (χ0) is 8.44. The van der Waals surface area contributed by atoms with E-state index in [4.69, 9.17) is 4.74 Å². The summed E-state index contributed by atoms with van der Waals surface area (Å²) in [5, 5.41) is 3.29. The van der Waals surface area contributed by atoms with E-state index in [2.05, 4.69) is 5.32 Å². The number of nitrogens with zero attached hydrogens (tertiary/aromatic N) is 1. The molecule has 2 saturated heterocycles. The molecular weight excluding hydrogens is 156 g/mol. The highest BCUT2D eigenvalue weighted by atomic mass is 16.5. The number of ether oxygens (including phenoxy) is 1. The summed E-state index contributed by atoms with van der Waals surface area (Å²) in [6.07, 6.45) is 1.88. The Labute approximate surface area is 71.9 Å². The van der Waals surface area contributed by atoms with Gasteiger partial charge in [-0.15, -0.1) is 0 Å². The minimum atomic E-state index is -0.0703. The summed E-state index contributed by atoms with van der Waals surface area (Å²) in [6.45, 7) is 4.18. The first kappa shape index (κ1) is 8.01. The van der Waals surface area contributed by atoms with Crippen LogP contribution in [-0.4, -0.2) is 49.7 Å². The van der Waals surface area contributed by atoms with E-state index in [-0.39, 0.29) is 5.60 Å². The predicted molar refractivity (Wildman–Crippen MR) is 43.8 cm³/mol. The van der Waals surface area contributed by atoms with Gasteiger partial charge in [-0.1, -0.05) is 0 Å². The maximum atomic E-state index is 10.5. The Kier molecular flexibility index (Phi) is 2.02. The average molecular weight is 170 g/mol. The summed E-state index contributed by atoms with van der Waals surface area (Å²) in [6, 6.07) is 0. The molecule has 2 heterocycles. The van der Waals surface area contributed by atoms with Gasteiger partial charge in [-0.05, 0) is 6.42 Å². The normalized spacial score (nSPS) is 35.8. The molecule has 1 amide bonds. The molecule has 4 nitrogen and oxygen atoms in total. The second-order valence-electron chi connectivity index (χ2n) is 3.53. The quantitative estimate of drug-likeness (QED) is 0.524. The summed E-state index contributed by atoms with van der Waals surface area (Å²) in [5.74, 6) is 0. The van der Waals surface area contributed by atoms with E-state index in [9.17, 15) is 4.79 Å². The molecule has 0 unspecified atom stereocenters. The van der Waals surface area contributed by atoms with Crippen molar-refractivity contribution in [3.05, 3.63) is 0 Å². The number of nitrogens with one attached hydrogen (secondary N) is 1. The van der Waals surface area contributed by atoms with E-state index in [0.717, 1.165) is 45.6 Å². The van der Waals surface area contributed by atoms with E-state index >= 15 is 0 Å². The van der Waals surface area contributed by atoms with Crippen LogP contribution in [0.15, 0.2) is 0 Å². The number of carbonyl (C=O) groups excluding carboxylic acids is 1. The molecule has 0 radical (unpaired) electrons. The van der Waals surface area contributed by atoms with Crippen LogP contribution < -0.4 is 5.32 Å². The lowest BCUT2D eigenvalue weighted by molar-refractivity contribution is -0.119. The lowest BCUT2D eigenvalue weighted by Crippen LogP contribution is -2.51. The van der Waals surface area contributed by atoms with Crippen LogP contribution in [0.4, 0.5) is 0 Å². The Morgan fingerprint density at radius 3 is 3.08 bits per heavy atom. The summed E-state index contributed by atoms with van der Waals surface area (Å²) < 4.78 is 5.70. The molecule has 0 aliphatic carbocycles. The van der Waals surface area contributed by atoms with Crippen LogP contribution in [-0.2, 0) is 9.53 Å². The fraction of sp³-hybridized carbons (Fsp3) is 0.875. The number of morpholine rings is 1. The predicted octanol–water partition coefficient (Wildman–Crippen LogP) is -0.793. The van der Waals surface area contributed by atoms with E-state index in [1.165, 1.54) is 0 Å². The zero-order valence-electron chi connectivity index (χ0n) is 7.08. The molecule has 2 aliphatic heterocycles. The van der Waals surface area contributed by atoms with Crippen molar-refractivity contribution in [2.24, 2.45) is 0 Å². The topological polar surface area (TPSA) is 41.6 Å². The molecule has 0 aromatic carbocycles. The fourth-order valence-corrected chi connectivity index (χ4v) is 1.93. The van der Waals surface area contributed by atoms with Gasteiger partial charge in [0.25, 0.3) is 0 Å². The lowest BCUT2D eigenvalue weighted by atomic mass is 10.0. The van der Waals surface area contributed by atoms with Gasteiger partial charge in [0.05, 0.1) is 18.8 Å². The number of hydrogen-bond acceptors (Lipinski definition) is 3. The summed E-state index contributed by atoms with van der Waals surface area (Å²) >= 11 is 0. The number of likely N-dealkylation sites (tertiary alicyclic amines) is 1. The van der Waals surface area contributed by atoms with Crippen molar-refractivity contribution < 1.29 is 9.53 Å². The number of carbonyl (C=O) groups is 1. The molecule has 1 atom stereocenters. The highest BCUT2D eigenvalue weighted by Crippen LogP contribution is 2.25. The van der Waals surface area contributed by atoms with Crippen molar-refractivity contribution in [1.82, 2.24) is 10.2 Å². The Balaban J connectivity index is 1.98. The van der Waals surface area contributed by atoms with Gasteiger partial charge in [-0.3, -0.25) is 4.79 Å². The van der Waals surface area contributed by atoms with Crippen LogP contribution >= 0.6 is 0 Å². The Morgan fingerprint density at radius 1 is 1.58 bits per heavy atom. The molecule has 2 fully saturated rings. The summed E-state index contributed by atoms with van der Waals surface area (Å²) in [7, 11) is 0. The molecule has 4 heteroatoms. The number of amides is 1. The molecule has 2 rings (SSSR count). The minimum absolute atomic E-state index is 0.0703. The molecule has 0 bridgehead atoms. The third-order valence-corrected chi connectivity index (χ3v) is 2.63. The smallest absolute Gasteiger partial charge is 0.209 e. The van der Waals surface area contributed by atoms with Crippen molar-refractivity contribution >= 4 is 6.41 Å². The molecule has 1 spiro atoms. The third kappa shape index (κ3) is 1.32. The van der Waals surface area contributed by atoms with Crippen molar-refractivity contribution in [3.8, 4) is 0 Å². The van der Waals surface area contributed by atoms with E-state index in [1.807, 2.05) is 0 Å². The van der Waals surface area contributed by atoms with Gasteiger partial charge >= 0.3 is 0 Å². The fourth-order valence-electron chi connectivity index (χ4n) is 1.93.